The second-order valence-corrected chi connectivity index (χ2v) is 2.35. The monoisotopic (exact) mass is 258 g/mol. The van der Waals surface area contributed by atoms with Crippen LogP contribution in [0.1, 0.15) is 17.4 Å². The number of esters is 1. The minimum Gasteiger partial charge on any atom is -0.461 e. The van der Waals surface area contributed by atoms with Crippen LogP contribution < -0.4 is 0 Å². The first-order chi connectivity index (χ1) is 5.74. The quantitative estimate of drug-likeness (QED) is 0.764. The van der Waals surface area contributed by atoms with E-state index >= 15 is 0 Å². The Morgan fingerprint density at radius 2 is 2.07 bits per heavy atom. The van der Waals surface area contributed by atoms with Crippen molar-refractivity contribution < 1.29 is 9.53 Å². The molecule has 0 saturated carbocycles. The number of carbonyl (C=O) groups is 1. The zero-order valence-electron chi connectivity index (χ0n) is 7.27. The third-order valence-corrected chi connectivity index (χ3v) is 1.32. The molecule has 80 valence electrons. The highest BCUT2D eigenvalue weighted by atomic mass is 35.5. The first-order valence-electron chi connectivity index (χ1n) is 3.40. The van der Waals surface area contributed by atoms with Crippen LogP contribution in [0.5, 0.6) is 0 Å². The summed E-state index contributed by atoms with van der Waals surface area (Å²) in [5.41, 5.74) is 0.168. The SMILES string of the molecule is CCOC(=O)c1ccc(Cl)nn1.Cl.Cl. The van der Waals surface area contributed by atoms with Crippen molar-refractivity contribution in [3.63, 3.8) is 0 Å². The van der Waals surface area contributed by atoms with Gasteiger partial charge in [0.1, 0.15) is 0 Å². The number of halogens is 3. The van der Waals surface area contributed by atoms with Crippen molar-refractivity contribution in [3.05, 3.63) is 23.0 Å². The van der Waals surface area contributed by atoms with Gasteiger partial charge in [-0.2, -0.15) is 0 Å². The molecular formula is C7H9Cl3N2O2. The smallest absolute Gasteiger partial charge is 0.358 e. The summed E-state index contributed by atoms with van der Waals surface area (Å²) < 4.78 is 4.68. The van der Waals surface area contributed by atoms with Crippen LogP contribution in [0.15, 0.2) is 12.1 Å². The Labute approximate surface area is 98.8 Å². The van der Waals surface area contributed by atoms with Gasteiger partial charge in [0.15, 0.2) is 10.8 Å². The van der Waals surface area contributed by atoms with Crippen LogP contribution in [-0.4, -0.2) is 22.8 Å². The molecule has 0 N–H and O–H groups in total. The van der Waals surface area contributed by atoms with Crippen LogP contribution in [0.2, 0.25) is 5.15 Å². The summed E-state index contributed by atoms with van der Waals surface area (Å²) in [5, 5.41) is 7.29. The molecule has 7 heteroatoms. The fraction of sp³-hybridized carbons (Fsp3) is 0.286. The van der Waals surface area contributed by atoms with E-state index in [1.54, 1.807) is 6.92 Å². The van der Waals surface area contributed by atoms with Gasteiger partial charge in [-0.25, -0.2) is 4.79 Å². The van der Waals surface area contributed by atoms with E-state index in [0.717, 1.165) is 0 Å². The first-order valence-corrected chi connectivity index (χ1v) is 3.78. The molecule has 0 aliphatic rings. The van der Waals surface area contributed by atoms with Crippen LogP contribution in [0.25, 0.3) is 0 Å². The van der Waals surface area contributed by atoms with Crippen molar-refractivity contribution in [1.82, 2.24) is 10.2 Å². The lowest BCUT2D eigenvalue weighted by molar-refractivity contribution is 0.0518. The van der Waals surface area contributed by atoms with Gasteiger partial charge in [0.05, 0.1) is 6.61 Å². The number of hydrogen-bond donors (Lipinski definition) is 0. The molecule has 14 heavy (non-hydrogen) atoms. The van der Waals surface area contributed by atoms with Crippen LogP contribution in [-0.2, 0) is 4.74 Å². The summed E-state index contributed by atoms with van der Waals surface area (Å²) in [4.78, 5) is 11.0. The molecule has 0 aromatic carbocycles. The van der Waals surface area contributed by atoms with Crippen LogP contribution in [0.3, 0.4) is 0 Å². The molecule has 0 aliphatic heterocycles. The third-order valence-electron chi connectivity index (χ3n) is 1.12. The highest BCUT2D eigenvalue weighted by Gasteiger charge is 2.07. The van der Waals surface area contributed by atoms with Gasteiger partial charge in [0.25, 0.3) is 0 Å². The molecule has 1 aromatic rings. The lowest BCUT2D eigenvalue weighted by Crippen LogP contribution is -2.07. The van der Waals surface area contributed by atoms with Crippen molar-refractivity contribution in [3.8, 4) is 0 Å². The predicted molar refractivity (Wildman–Crippen MR) is 57.5 cm³/mol. The second-order valence-electron chi connectivity index (χ2n) is 1.96. The molecule has 0 spiro atoms. The zero-order chi connectivity index (χ0) is 8.97. The lowest BCUT2D eigenvalue weighted by Gasteiger charge is -1.98. The van der Waals surface area contributed by atoms with E-state index in [9.17, 15) is 4.79 Å². The normalized spacial score (nSPS) is 8.14. The number of nitrogens with zero attached hydrogens (tertiary/aromatic N) is 2. The molecule has 1 aromatic heterocycles. The standard InChI is InChI=1S/C7H7ClN2O2.2ClH/c1-2-12-7(11)5-3-4-6(8)10-9-5;;/h3-4H,2H2,1H3;2*1H. The second kappa shape index (κ2) is 7.79. The molecular weight excluding hydrogens is 250 g/mol. The molecule has 0 radical (unpaired) electrons. The maximum absolute atomic E-state index is 11.0. The van der Waals surface area contributed by atoms with Crippen LogP contribution in [0.4, 0.5) is 0 Å². The number of ether oxygens (including phenoxy) is 1. The number of rotatable bonds is 2. The zero-order valence-corrected chi connectivity index (χ0v) is 9.66. The van der Waals surface area contributed by atoms with E-state index in [2.05, 4.69) is 14.9 Å². The molecule has 0 amide bonds. The number of aromatic nitrogens is 2. The number of hydrogen-bond acceptors (Lipinski definition) is 4. The average Bonchev–Trinajstić information content (AvgIpc) is 2.06. The lowest BCUT2D eigenvalue weighted by atomic mass is 10.4. The largest absolute Gasteiger partial charge is 0.461 e. The fourth-order valence-electron chi connectivity index (χ4n) is 0.630. The van der Waals surface area contributed by atoms with Crippen molar-refractivity contribution >= 4 is 42.4 Å². The Morgan fingerprint density at radius 3 is 2.50 bits per heavy atom. The highest BCUT2D eigenvalue weighted by molar-refractivity contribution is 6.29. The van der Waals surface area contributed by atoms with Crippen molar-refractivity contribution in [1.29, 1.82) is 0 Å². The summed E-state index contributed by atoms with van der Waals surface area (Å²) in [6.45, 7) is 2.05. The molecule has 0 atom stereocenters. The third kappa shape index (κ3) is 4.60. The van der Waals surface area contributed by atoms with Gasteiger partial charge in [-0.05, 0) is 19.1 Å². The Hall–Kier alpha value is -0.580. The molecule has 0 aliphatic carbocycles. The molecule has 0 saturated heterocycles. The van der Waals surface area contributed by atoms with Gasteiger partial charge in [-0.15, -0.1) is 35.0 Å². The van der Waals surface area contributed by atoms with Gasteiger partial charge >= 0.3 is 5.97 Å². The van der Waals surface area contributed by atoms with Crippen LogP contribution >= 0.6 is 36.4 Å². The predicted octanol–water partition coefficient (Wildman–Crippen LogP) is 2.15. The van der Waals surface area contributed by atoms with Crippen molar-refractivity contribution in [2.75, 3.05) is 6.61 Å². The maximum Gasteiger partial charge on any atom is 0.358 e. The molecule has 4 nitrogen and oxygen atoms in total. The van der Waals surface area contributed by atoms with E-state index in [0.29, 0.717) is 6.61 Å². The molecule has 0 fully saturated rings. The summed E-state index contributed by atoms with van der Waals surface area (Å²) in [6, 6.07) is 2.95. The van der Waals surface area contributed by atoms with Crippen molar-refractivity contribution in [2.45, 2.75) is 6.92 Å². The van der Waals surface area contributed by atoms with E-state index in [1.807, 2.05) is 0 Å². The van der Waals surface area contributed by atoms with E-state index < -0.39 is 5.97 Å². The summed E-state index contributed by atoms with van der Waals surface area (Å²) >= 11 is 5.47. The molecule has 0 bridgehead atoms. The van der Waals surface area contributed by atoms with Crippen molar-refractivity contribution in [2.24, 2.45) is 0 Å². The topological polar surface area (TPSA) is 52.1 Å². The minimum absolute atomic E-state index is 0. The fourth-order valence-corrected chi connectivity index (χ4v) is 0.731. The van der Waals surface area contributed by atoms with Gasteiger partial charge in [0.2, 0.25) is 0 Å². The maximum atomic E-state index is 11.0. The molecule has 1 rings (SSSR count). The summed E-state index contributed by atoms with van der Waals surface area (Å²) in [5.74, 6) is -0.485. The Morgan fingerprint density at radius 1 is 1.43 bits per heavy atom. The van der Waals surface area contributed by atoms with Gasteiger partial charge in [-0.3, -0.25) is 0 Å². The van der Waals surface area contributed by atoms with Crippen LogP contribution in [0, 0.1) is 0 Å². The van der Waals surface area contributed by atoms with Gasteiger partial charge in [0, 0.05) is 0 Å². The summed E-state index contributed by atoms with van der Waals surface area (Å²) in [6.07, 6.45) is 0. The summed E-state index contributed by atoms with van der Waals surface area (Å²) in [7, 11) is 0. The number of carbonyl (C=O) groups excluding carboxylic acids is 1. The Balaban J connectivity index is 0. The molecule has 1 heterocycles. The Bertz CT molecular complexity index is 279. The van der Waals surface area contributed by atoms with Gasteiger partial charge in [-0.1, -0.05) is 11.6 Å². The minimum atomic E-state index is -0.485. The first kappa shape index (κ1) is 15.9. The van der Waals surface area contributed by atoms with Gasteiger partial charge < -0.3 is 4.74 Å². The van der Waals surface area contributed by atoms with E-state index in [4.69, 9.17) is 11.6 Å². The highest BCUT2D eigenvalue weighted by Crippen LogP contribution is 2.02. The van der Waals surface area contributed by atoms with E-state index in [-0.39, 0.29) is 35.7 Å². The van der Waals surface area contributed by atoms with E-state index in [1.165, 1.54) is 12.1 Å². The molecule has 0 unspecified atom stereocenters. The Kier molecular flexibility index (Phi) is 8.83. The average molecular weight is 260 g/mol.